The molecule has 6 nitrogen and oxygen atoms in total. The minimum atomic E-state index is -0.303. The third kappa shape index (κ3) is 3.95. The first-order valence-electron chi connectivity index (χ1n) is 5.87. The van der Waals surface area contributed by atoms with Gasteiger partial charge in [0.25, 0.3) is 0 Å². The number of pyridine rings is 1. The van der Waals surface area contributed by atoms with Crippen LogP contribution >= 0.6 is 0 Å². The predicted molar refractivity (Wildman–Crippen MR) is 72.8 cm³/mol. The second kappa shape index (κ2) is 6.34. The van der Waals surface area contributed by atoms with Gasteiger partial charge in [-0.1, -0.05) is 12.1 Å². The third-order valence-corrected chi connectivity index (χ3v) is 2.34. The Morgan fingerprint density at radius 2 is 2.32 bits per heavy atom. The van der Waals surface area contributed by atoms with Crippen molar-refractivity contribution in [1.82, 2.24) is 20.1 Å². The number of nitrogens with one attached hydrogen (secondary N) is 2. The van der Waals surface area contributed by atoms with Gasteiger partial charge in [-0.2, -0.15) is 5.10 Å². The van der Waals surface area contributed by atoms with Gasteiger partial charge in [-0.05, 0) is 12.1 Å². The molecule has 2 heterocycles. The standard InChI is InChI=1S/C13H15N5O/c1-2-7-15-13(19)16-12-6-9-18(17-12)10-11-5-3-4-8-14-11/h2-6,8-9H,1,7,10H2,(H2,15,16,17,19). The lowest BCUT2D eigenvalue weighted by Crippen LogP contribution is -2.28. The molecule has 2 amide bonds. The maximum atomic E-state index is 11.4. The Labute approximate surface area is 111 Å². The molecule has 0 unspecified atom stereocenters. The zero-order valence-corrected chi connectivity index (χ0v) is 10.4. The molecule has 0 atom stereocenters. The van der Waals surface area contributed by atoms with Gasteiger partial charge in [0, 0.05) is 25.0 Å². The fourth-order valence-electron chi connectivity index (χ4n) is 1.50. The van der Waals surface area contributed by atoms with E-state index in [9.17, 15) is 4.79 Å². The van der Waals surface area contributed by atoms with E-state index in [2.05, 4.69) is 27.3 Å². The van der Waals surface area contributed by atoms with Crippen LogP contribution in [0.1, 0.15) is 5.69 Å². The molecule has 0 saturated carbocycles. The van der Waals surface area contributed by atoms with Crippen molar-refractivity contribution in [2.24, 2.45) is 0 Å². The van der Waals surface area contributed by atoms with Crippen LogP contribution in [0.15, 0.2) is 49.3 Å². The summed E-state index contributed by atoms with van der Waals surface area (Å²) in [4.78, 5) is 15.6. The van der Waals surface area contributed by atoms with Gasteiger partial charge >= 0.3 is 6.03 Å². The highest BCUT2D eigenvalue weighted by atomic mass is 16.2. The average molecular weight is 257 g/mol. The van der Waals surface area contributed by atoms with Crippen LogP contribution in [0.5, 0.6) is 0 Å². The van der Waals surface area contributed by atoms with Gasteiger partial charge in [-0.15, -0.1) is 6.58 Å². The molecular formula is C13H15N5O. The number of anilines is 1. The van der Waals surface area contributed by atoms with E-state index in [-0.39, 0.29) is 6.03 Å². The van der Waals surface area contributed by atoms with Gasteiger partial charge in [0.2, 0.25) is 0 Å². The van der Waals surface area contributed by atoms with E-state index in [1.165, 1.54) is 0 Å². The van der Waals surface area contributed by atoms with E-state index in [0.717, 1.165) is 5.69 Å². The third-order valence-electron chi connectivity index (χ3n) is 2.34. The molecule has 2 rings (SSSR count). The smallest absolute Gasteiger partial charge is 0.320 e. The van der Waals surface area contributed by atoms with Crippen LogP contribution < -0.4 is 10.6 Å². The Morgan fingerprint density at radius 1 is 1.42 bits per heavy atom. The highest BCUT2D eigenvalue weighted by Gasteiger charge is 2.04. The van der Waals surface area contributed by atoms with E-state index in [1.807, 2.05) is 18.2 Å². The van der Waals surface area contributed by atoms with Crippen molar-refractivity contribution in [1.29, 1.82) is 0 Å². The van der Waals surface area contributed by atoms with Crippen molar-refractivity contribution >= 4 is 11.8 Å². The van der Waals surface area contributed by atoms with Gasteiger partial charge in [0.1, 0.15) is 0 Å². The maximum Gasteiger partial charge on any atom is 0.320 e. The number of nitrogens with zero attached hydrogens (tertiary/aromatic N) is 3. The van der Waals surface area contributed by atoms with Gasteiger partial charge in [-0.3, -0.25) is 15.0 Å². The summed E-state index contributed by atoms with van der Waals surface area (Å²) in [5.74, 6) is 0.498. The Bertz CT molecular complexity index is 549. The maximum absolute atomic E-state index is 11.4. The Hall–Kier alpha value is -2.63. The topological polar surface area (TPSA) is 71.8 Å². The molecule has 0 radical (unpaired) electrons. The minimum absolute atomic E-state index is 0.303. The first kappa shape index (κ1) is 12.8. The highest BCUT2D eigenvalue weighted by molar-refractivity contribution is 5.88. The Kier molecular flexibility index (Phi) is 4.28. The van der Waals surface area contributed by atoms with Gasteiger partial charge in [-0.25, -0.2) is 4.79 Å². The lowest BCUT2D eigenvalue weighted by Gasteiger charge is -2.03. The van der Waals surface area contributed by atoms with Crippen LogP contribution in [0.2, 0.25) is 0 Å². The number of hydrogen-bond acceptors (Lipinski definition) is 3. The molecule has 0 aromatic carbocycles. The Balaban J connectivity index is 1.92. The number of amides is 2. The molecule has 0 spiro atoms. The molecule has 0 aliphatic rings. The molecule has 2 aromatic rings. The largest absolute Gasteiger partial charge is 0.334 e. The second-order valence-corrected chi connectivity index (χ2v) is 3.84. The van der Waals surface area contributed by atoms with Gasteiger partial charge < -0.3 is 5.32 Å². The zero-order chi connectivity index (χ0) is 13.5. The SMILES string of the molecule is C=CCNC(=O)Nc1ccn(Cc2ccccn2)n1. The fourth-order valence-corrected chi connectivity index (χ4v) is 1.50. The summed E-state index contributed by atoms with van der Waals surface area (Å²) >= 11 is 0. The number of rotatable bonds is 5. The number of aromatic nitrogens is 3. The van der Waals surface area contributed by atoms with Crippen LogP contribution in [-0.4, -0.2) is 27.3 Å². The van der Waals surface area contributed by atoms with Crippen molar-refractivity contribution in [2.75, 3.05) is 11.9 Å². The summed E-state index contributed by atoms with van der Waals surface area (Å²) in [6, 6.07) is 7.14. The van der Waals surface area contributed by atoms with Gasteiger partial charge in [0.05, 0.1) is 12.2 Å². The van der Waals surface area contributed by atoms with Crippen LogP contribution in [0.4, 0.5) is 10.6 Å². The lowest BCUT2D eigenvalue weighted by molar-refractivity contribution is 0.253. The van der Waals surface area contributed by atoms with Crippen molar-refractivity contribution in [3.05, 3.63) is 55.0 Å². The summed E-state index contributed by atoms with van der Waals surface area (Å²) in [6.45, 7) is 4.50. The molecule has 0 saturated heterocycles. The molecule has 0 aliphatic heterocycles. The number of urea groups is 1. The predicted octanol–water partition coefficient (Wildman–Crippen LogP) is 1.63. The monoisotopic (exact) mass is 257 g/mol. The molecule has 98 valence electrons. The molecular weight excluding hydrogens is 242 g/mol. The molecule has 0 bridgehead atoms. The zero-order valence-electron chi connectivity index (χ0n) is 10.4. The average Bonchev–Trinajstić information content (AvgIpc) is 2.85. The van der Waals surface area contributed by atoms with Gasteiger partial charge in [0.15, 0.2) is 5.82 Å². The molecule has 6 heteroatoms. The molecule has 2 N–H and O–H groups in total. The number of carbonyl (C=O) groups excluding carboxylic acids is 1. The Morgan fingerprint density at radius 3 is 3.05 bits per heavy atom. The van der Waals surface area contributed by atoms with Crippen molar-refractivity contribution in [2.45, 2.75) is 6.54 Å². The normalized spacial score (nSPS) is 9.89. The fraction of sp³-hybridized carbons (Fsp3) is 0.154. The van der Waals surface area contributed by atoms with Crippen LogP contribution in [0, 0.1) is 0 Å². The van der Waals surface area contributed by atoms with Crippen LogP contribution in [-0.2, 0) is 6.54 Å². The molecule has 0 aliphatic carbocycles. The summed E-state index contributed by atoms with van der Waals surface area (Å²) in [7, 11) is 0. The van der Waals surface area contributed by atoms with Crippen molar-refractivity contribution < 1.29 is 4.79 Å². The summed E-state index contributed by atoms with van der Waals surface area (Å²) in [5, 5.41) is 9.48. The first-order chi connectivity index (χ1) is 9.28. The summed E-state index contributed by atoms with van der Waals surface area (Å²) < 4.78 is 1.71. The van der Waals surface area contributed by atoms with Crippen molar-refractivity contribution in [3.8, 4) is 0 Å². The molecule has 0 fully saturated rings. The van der Waals surface area contributed by atoms with Crippen molar-refractivity contribution in [3.63, 3.8) is 0 Å². The van der Waals surface area contributed by atoms with E-state index < -0.39 is 0 Å². The minimum Gasteiger partial charge on any atom is -0.334 e. The van der Waals surface area contributed by atoms with E-state index in [0.29, 0.717) is 18.9 Å². The molecule has 19 heavy (non-hydrogen) atoms. The highest BCUT2D eigenvalue weighted by Crippen LogP contribution is 2.04. The first-order valence-corrected chi connectivity index (χ1v) is 5.87. The van der Waals surface area contributed by atoms with E-state index in [1.54, 1.807) is 29.2 Å². The van der Waals surface area contributed by atoms with E-state index in [4.69, 9.17) is 0 Å². The second-order valence-electron chi connectivity index (χ2n) is 3.84. The van der Waals surface area contributed by atoms with E-state index >= 15 is 0 Å². The summed E-state index contributed by atoms with van der Waals surface area (Å²) in [5.41, 5.74) is 0.910. The number of carbonyl (C=O) groups is 1. The lowest BCUT2D eigenvalue weighted by atomic mass is 10.3. The number of hydrogen-bond donors (Lipinski definition) is 2. The van der Waals surface area contributed by atoms with Crippen LogP contribution in [0.25, 0.3) is 0 Å². The molecule has 2 aromatic heterocycles. The quantitative estimate of drug-likeness (QED) is 0.800. The van der Waals surface area contributed by atoms with Crippen LogP contribution in [0.3, 0.4) is 0 Å². The summed E-state index contributed by atoms with van der Waals surface area (Å²) in [6.07, 6.45) is 5.14.